The Morgan fingerprint density at radius 2 is 1.81 bits per heavy atom. The minimum absolute atomic E-state index is 0.0920. The van der Waals surface area contributed by atoms with Crippen LogP contribution in [0.4, 0.5) is 17.5 Å². The lowest BCUT2D eigenvalue weighted by atomic mass is 10.3. The molecule has 0 unspecified atom stereocenters. The number of pyridine rings is 1. The Morgan fingerprint density at radius 3 is 2.45 bits per heavy atom. The zero-order chi connectivity index (χ0) is 22.0. The lowest BCUT2D eigenvalue weighted by Gasteiger charge is -2.34. The summed E-state index contributed by atoms with van der Waals surface area (Å²) in [5.41, 5.74) is 0. The topological polar surface area (TPSA) is 109 Å². The first-order valence-corrected chi connectivity index (χ1v) is 11.6. The number of imidazole rings is 1. The van der Waals surface area contributed by atoms with Gasteiger partial charge < -0.3 is 14.8 Å². The molecule has 3 aromatic heterocycles. The second kappa shape index (κ2) is 8.60. The van der Waals surface area contributed by atoms with E-state index in [9.17, 15) is 8.42 Å². The highest BCUT2D eigenvalue weighted by molar-refractivity contribution is 7.89. The molecule has 0 atom stereocenters. The number of nitrogens with zero attached hydrogens (tertiary/aromatic N) is 7. The van der Waals surface area contributed by atoms with E-state index in [2.05, 4.69) is 30.2 Å². The van der Waals surface area contributed by atoms with Gasteiger partial charge in [-0.3, -0.25) is 0 Å². The van der Waals surface area contributed by atoms with Gasteiger partial charge in [-0.05, 0) is 32.9 Å². The molecule has 11 heteroatoms. The summed E-state index contributed by atoms with van der Waals surface area (Å²) in [6.45, 7) is 7.59. The summed E-state index contributed by atoms with van der Waals surface area (Å²) in [5, 5.41) is 3.28. The summed E-state index contributed by atoms with van der Waals surface area (Å²) in [7, 11) is -3.62. The fourth-order valence-corrected chi connectivity index (χ4v) is 4.71. The van der Waals surface area contributed by atoms with Crippen LogP contribution in [0.25, 0.3) is 0 Å². The van der Waals surface area contributed by atoms with Crippen molar-refractivity contribution in [2.45, 2.75) is 31.8 Å². The Labute approximate surface area is 182 Å². The molecule has 0 saturated carbocycles. The number of rotatable bonds is 6. The monoisotopic (exact) mass is 442 g/mol. The Hall–Kier alpha value is -3.05. The van der Waals surface area contributed by atoms with Crippen molar-refractivity contribution in [3.63, 3.8) is 0 Å². The van der Waals surface area contributed by atoms with Crippen molar-refractivity contribution >= 4 is 27.5 Å². The van der Waals surface area contributed by atoms with Gasteiger partial charge in [-0.15, -0.1) is 0 Å². The predicted octanol–water partition coefficient (Wildman–Crippen LogP) is 2.21. The van der Waals surface area contributed by atoms with Crippen molar-refractivity contribution in [2.75, 3.05) is 36.4 Å². The van der Waals surface area contributed by atoms with Crippen LogP contribution in [0.5, 0.6) is 0 Å². The van der Waals surface area contributed by atoms with Crippen LogP contribution in [-0.4, -0.2) is 63.4 Å². The third-order valence-corrected chi connectivity index (χ3v) is 6.87. The molecule has 164 valence electrons. The van der Waals surface area contributed by atoms with Gasteiger partial charge in [0.2, 0.25) is 0 Å². The summed E-state index contributed by atoms with van der Waals surface area (Å²) in [4.78, 5) is 19.4. The zero-order valence-corrected chi connectivity index (χ0v) is 18.6. The van der Waals surface area contributed by atoms with E-state index < -0.39 is 10.0 Å². The molecule has 1 aliphatic heterocycles. The van der Waals surface area contributed by atoms with Crippen molar-refractivity contribution in [1.82, 2.24) is 28.8 Å². The molecule has 1 N–H and O–H groups in total. The highest BCUT2D eigenvalue weighted by atomic mass is 32.2. The number of hydrogen-bond donors (Lipinski definition) is 1. The molecule has 1 aliphatic rings. The molecule has 0 bridgehead atoms. The quantitative estimate of drug-likeness (QED) is 0.619. The van der Waals surface area contributed by atoms with Crippen LogP contribution in [0, 0.1) is 6.92 Å². The Balaban J connectivity index is 1.46. The molecular weight excluding hydrogens is 416 g/mol. The molecule has 0 aliphatic carbocycles. The lowest BCUT2D eigenvalue weighted by Crippen LogP contribution is -2.49. The van der Waals surface area contributed by atoms with Crippen molar-refractivity contribution < 1.29 is 8.42 Å². The van der Waals surface area contributed by atoms with Gasteiger partial charge in [0.15, 0.2) is 5.03 Å². The van der Waals surface area contributed by atoms with Gasteiger partial charge in [-0.2, -0.15) is 4.31 Å². The molecule has 10 nitrogen and oxygen atoms in total. The van der Waals surface area contributed by atoms with Crippen molar-refractivity contribution in [2.24, 2.45) is 0 Å². The van der Waals surface area contributed by atoms with E-state index >= 15 is 0 Å². The largest absolute Gasteiger partial charge is 0.354 e. The Bertz CT molecular complexity index is 1140. The van der Waals surface area contributed by atoms with Gasteiger partial charge in [-0.1, -0.05) is 6.07 Å². The van der Waals surface area contributed by atoms with E-state index in [-0.39, 0.29) is 11.1 Å². The summed E-state index contributed by atoms with van der Waals surface area (Å²) >= 11 is 0. The SMILES string of the molecule is Cc1nc(Nc2ccccn2)cc(N2CCN(S(=O)(=O)c3cn(C(C)C)cn3)CC2)n1. The molecular formula is C20H26N8O2S. The first kappa shape index (κ1) is 21.2. The molecule has 0 spiro atoms. The number of piperazine rings is 1. The molecule has 3 aromatic rings. The summed E-state index contributed by atoms with van der Waals surface area (Å²) in [6, 6.07) is 7.62. The second-order valence-electron chi connectivity index (χ2n) is 7.64. The number of sulfonamides is 1. The maximum Gasteiger partial charge on any atom is 0.262 e. The minimum atomic E-state index is -3.62. The smallest absolute Gasteiger partial charge is 0.262 e. The van der Waals surface area contributed by atoms with E-state index in [4.69, 9.17) is 0 Å². The van der Waals surface area contributed by atoms with E-state index in [1.807, 2.05) is 45.0 Å². The summed E-state index contributed by atoms with van der Waals surface area (Å²) in [5.74, 6) is 2.73. The van der Waals surface area contributed by atoms with E-state index in [1.54, 1.807) is 23.3 Å². The fraction of sp³-hybridized carbons (Fsp3) is 0.400. The predicted molar refractivity (Wildman–Crippen MR) is 118 cm³/mol. The van der Waals surface area contributed by atoms with Crippen LogP contribution in [0.3, 0.4) is 0 Å². The maximum absolute atomic E-state index is 13.0. The van der Waals surface area contributed by atoms with Gasteiger partial charge in [0.1, 0.15) is 23.3 Å². The summed E-state index contributed by atoms with van der Waals surface area (Å²) in [6.07, 6.45) is 4.87. The van der Waals surface area contributed by atoms with Gasteiger partial charge in [0.25, 0.3) is 10.0 Å². The molecule has 31 heavy (non-hydrogen) atoms. The van der Waals surface area contributed by atoms with Crippen molar-refractivity contribution in [3.05, 3.63) is 48.8 Å². The molecule has 4 rings (SSSR count). The van der Waals surface area contributed by atoms with Crippen LogP contribution in [0.1, 0.15) is 25.7 Å². The highest BCUT2D eigenvalue weighted by Gasteiger charge is 2.31. The lowest BCUT2D eigenvalue weighted by molar-refractivity contribution is 0.382. The number of nitrogens with one attached hydrogen (secondary N) is 1. The maximum atomic E-state index is 13.0. The van der Waals surface area contributed by atoms with Crippen LogP contribution >= 0.6 is 0 Å². The number of aryl methyl sites for hydroxylation is 1. The number of aromatic nitrogens is 5. The fourth-order valence-electron chi connectivity index (χ4n) is 3.37. The van der Waals surface area contributed by atoms with Crippen molar-refractivity contribution in [1.29, 1.82) is 0 Å². The van der Waals surface area contributed by atoms with Crippen LogP contribution < -0.4 is 10.2 Å². The Morgan fingerprint density at radius 1 is 1.03 bits per heavy atom. The molecule has 0 aromatic carbocycles. The van der Waals surface area contributed by atoms with Gasteiger partial charge in [0.05, 0.1) is 6.33 Å². The molecule has 1 saturated heterocycles. The third kappa shape index (κ3) is 4.67. The standard InChI is InChI=1S/C20H26N8O2S/c1-15(2)27-13-20(22-14-27)31(29,30)28-10-8-26(9-11-28)19-12-18(23-16(3)24-19)25-17-6-4-5-7-21-17/h4-7,12-15H,8-11H2,1-3H3,(H,21,23,24,25). The van der Waals surface area contributed by atoms with Crippen LogP contribution in [-0.2, 0) is 10.0 Å². The van der Waals surface area contributed by atoms with Gasteiger partial charge in [-0.25, -0.2) is 28.4 Å². The number of anilines is 3. The highest BCUT2D eigenvalue weighted by Crippen LogP contribution is 2.22. The zero-order valence-electron chi connectivity index (χ0n) is 17.8. The van der Waals surface area contributed by atoms with Crippen LogP contribution in [0.15, 0.2) is 48.0 Å². The normalized spacial score (nSPS) is 15.4. The van der Waals surface area contributed by atoms with Crippen molar-refractivity contribution in [3.8, 4) is 0 Å². The minimum Gasteiger partial charge on any atom is -0.354 e. The van der Waals surface area contributed by atoms with Gasteiger partial charge in [0, 0.05) is 50.7 Å². The Kier molecular flexibility index (Phi) is 5.88. The second-order valence-corrected chi connectivity index (χ2v) is 9.53. The number of hydrogen-bond acceptors (Lipinski definition) is 8. The molecule has 1 fully saturated rings. The van der Waals surface area contributed by atoms with E-state index in [1.165, 1.54) is 4.31 Å². The van der Waals surface area contributed by atoms with Crippen LogP contribution in [0.2, 0.25) is 0 Å². The molecule has 4 heterocycles. The van der Waals surface area contributed by atoms with E-state index in [0.29, 0.717) is 43.6 Å². The first-order chi connectivity index (χ1) is 14.8. The third-order valence-electron chi connectivity index (χ3n) is 5.09. The molecule has 0 radical (unpaired) electrons. The van der Waals surface area contributed by atoms with E-state index in [0.717, 1.165) is 5.82 Å². The first-order valence-electron chi connectivity index (χ1n) is 10.2. The summed E-state index contributed by atoms with van der Waals surface area (Å²) < 4.78 is 29.2. The average molecular weight is 443 g/mol. The molecule has 0 amide bonds. The van der Waals surface area contributed by atoms with Gasteiger partial charge >= 0.3 is 0 Å². The average Bonchev–Trinajstić information content (AvgIpc) is 3.26.